The number of carboxylic acids is 1. The molecule has 2 unspecified atom stereocenters. The highest BCUT2D eigenvalue weighted by atomic mass is 16.4. The Bertz CT molecular complexity index is 1400. The number of likely N-dealkylation sites (N-methyl/N-ethyl adjacent to an activating group) is 1. The molecule has 7 atom stereocenters. The van der Waals surface area contributed by atoms with Crippen LogP contribution in [-0.4, -0.2) is 109 Å². The molecule has 0 bridgehead atoms. The molecule has 0 aromatic heterocycles. The van der Waals surface area contributed by atoms with E-state index in [1.54, 1.807) is 0 Å². The molecule has 3 aliphatic rings. The predicted molar refractivity (Wildman–Crippen MR) is 140 cm³/mol. The van der Waals surface area contributed by atoms with E-state index in [1.807, 2.05) is 0 Å². The summed E-state index contributed by atoms with van der Waals surface area (Å²) >= 11 is 0. The van der Waals surface area contributed by atoms with Crippen LogP contribution >= 0.6 is 0 Å². The molecular formula is C27H33N3O11. The highest BCUT2D eigenvalue weighted by Gasteiger charge is 2.66. The van der Waals surface area contributed by atoms with Crippen LogP contribution in [0.15, 0.2) is 35.1 Å². The molecule has 1 aromatic carbocycles. The van der Waals surface area contributed by atoms with Gasteiger partial charge in [-0.3, -0.25) is 29.4 Å². The Labute approximate surface area is 234 Å². The summed E-state index contributed by atoms with van der Waals surface area (Å²) in [4.78, 5) is 53.4. The zero-order chi connectivity index (χ0) is 30.8. The SMILES string of the molecule is CC(O)C(NCNC(=O)C1=C(O)[C@@]2(O)C(=O)C3=C(O)c4c(O)cccc4[C@@](C)(O)[C@H]3C[C@H]2[C@H](N(C)C)C1=O)C(=O)O. The second-order valence-corrected chi connectivity index (χ2v) is 11.0. The molecule has 0 radical (unpaired) electrons. The standard InChI is InChI=1S/C27H33N3O11/c1-10(31)18(25(38)39)28-9-29-24(37)17-21(34)19(30(3)4)13-8-12-16(22(35)27(13,41)23(17)36)20(33)15-11(26(12,2)40)6-5-7-14(15)32/h5-7,10,12-13,18-19,28,31-33,36,40-41H,8-9H2,1-4H3,(H,29,37)(H,38,39)/t10?,12-,13-,18?,19-,26+,27-/m0/s1. The molecular weight excluding hydrogens is 542 g/mol. The topological polar surface area (TPSA) is 237 Å². The molecule has 0 aliphatic heterocycles. The lowest BCUT2D eigenvalue weighted by atomic mass is 9.54. The number of aromatic hydroxyl groups is 1. The van der Waals surface area contributed by atoms with E-state index in [2.05, 4.69) is 10.6 Å². The zero-order valence-corrected chi connectivity index (χ0v) is 22.7. The van der Waals surface area contributed by atoms with Gasteiger partial charge in [-0.2, -0.15) is 0 Å². The van der Waals surface area contributed by atoms with Gasteiger partial charge >= 0.3 is 5.97 Å². The Morgan fingerprint density at radius 2 is 1.78 bits per heavy atom. The number of aliphatic hydroxyl groups is 5. The van der Waals surface area contributed by atoms with Gasteiger partial charge in [0.1, 0.15) is 28.9 Å². The molecule has 9 N–H and O–H groups in total. The first-order valence-corrected chi connectivity index (χ1v) is 12.8. The summed E-state index contributed by atoms with van der Waals surface area (Å²) < 4.78 is 0. The molecule has 4 rings (SSSR count). The molecule has 222 valence electrons. The lowest BCUT2D eigenvalue weighted by Gasteiger charge is -2.53. The molecule has 14 heteroatoms. The summed E-state index contributed by atoms with van der Waals surface area (Å²) in [6.07, 6.45) is -1.63. The highest BCUT2D eigenvalue weighted by molar-refractivity contribution is 6.25. The van der Waals surface area contributed by atoms with Gasteiger partial charge in [0.25, 0.3) is 5.91 Å². The van der Waals surface area contributed by atoms with Gasteiger partial charge in [-0.15, -0.1) is 0 Å². The summed E-state index contributed by atoms with van der Waals surface area (Å²) in [5.41, 5.74) is -6.28. The lowest BCUT2D eigenvalue weighted by molar-refractivity contribution is -0.159. The van der Waals surface area contributed by atoms with E-state index in [9.17, 15) is 54.9 Å². The van der Waals surface area contributed by atoms with Gasteiger partial charge in [0, 0.05) is 17.4 Å². The zero-order valence-electron chi connectivity index (χ0n) is 22.7. The Morgan fingerprint density at radius 1 is 1.15 bits per heavy atom. The monoisotopic (exact) mass is 575 g/mol. The van der Waals surface area contributed by atoms with E-state index in [0.717, 1.165) is 0 Å². The summed E-state index contributed by atoms with van der Waals surface area (Å²) in [7, 11) is 2.92. The van der Waals surface area contributed by atoms with Crippen molar-refractivity contribution in [3.05, 3.63) is 46.2 Å². The van der Waals surface area contributed by atoms with E-state index in [4.69, 9.17) is 0 Å². The summed E-state index contributed by atoms with van der Waals surface area (Å²) in [5.74, 6) is -9.81. The fourth-order valence-corrected chi connectivity index (χ4v) is 6.28. The van der Waals surface area contributed by atoms with Crippen molar-refractivity contribution in [1.82, 2.24) is 15.5 Å². The quantitative estimate of drug-likeness (QED) is 0.135. The number of carboxylic acid groups (broad SMARTS) is 1. The van der Waals surface area contributed by atoms with Crippen LogP contribution in [0.3, 0.4) is 0 Å². The number of fused-ring (bicyclic) bond motifs is 3. The number of hydrogen-bond acceptors (Lipinski definition) is 12. The first-order valence-electron chi connectivity index (χ1n) is 12.8. The molecule has 1 amide bonds. The molecule has 3 aliphatic carbocycles. The summed E-state index contributed by atoms with van der Waals surface area (Å²) in [6, 6.07) is 1.32. The fourth-order valence-electron chi connectivity index (χ4n) is 6.28. The lowest BCUT2D eigenvalue weighted by Crippen LogP contribution is -2.67. The Hall–Kier alpha value is -3.82. The van der Waals surface area contributed by atoms with Crippen LogP contribution in [0.1, 0.15) is 31.4 Å². The number of ketones is 2. The van der Waals surface area contributed by atoms with Crippen LogP contribution in [0.4, 0.5) is 0 Å². The maximum Gasteiger partial charge on any atom is 0.323 e. The maximum atomic E-state index is 14.0. The van der Waals surface area contributed by atoms with Crippen LogP contribution < -0.4 is 10.6 Å². The number of rotatable bonds is 7. The molecule has 1 saturated carbocycles. The second kappa shape index (κ2) is 10.2. The van der Waals surface area contributed by atoms with Crippen molar-refractivity contribution in [3.63, 3.8) is 0 Å². The number of amides is 1. The van der Waals surface area contributed by atoms with Gasteiger partial charge in [0.15, 0.2) is 11.4 Å². The fraction of sp³-hybridized carbons (Fsp3) is 0.481. The normalized spacial score (nSPS) is 30.9. The molecule has 0 spiro atoms. The molecule has 41 heavy (non-hydrogen) atoms. The van der Waals surface area contributed by atoms with Gasteiger partial charge in [0.2, 0.25) is 5.78 Å². The summed E-state index contributed by atoms with van der Waals surface area (Å²) in [5, 5.41) is 79.6. The van der Waals surface area contributed by atoms with Crippen LogP contribution in [0.5, 0.6) is 5.75 Å². The number of Topliss-reactive ketones (excluding diaryl/α,β-unsaturated/α-hetero) is 2. The number of hydrogen-bond donors (Lipinski definition) is 9. The number of carbonyl (C=O) groups is 4. The summed E-state index contributed by atoms with van der Waals surface area (Å²) in [6.45, 7) is 2.01. The number of aliphatic carboxylic acids is 1. The van der Waals surface area contributed by atoms with E-state index in [0.29, 0.717) is 0 Å². The van der Waals surface area contributed by atoms with Crippen LogP contribution in [0.25, 0.3) is 5.76 Å². The number of carbonyl (C=O) groups excluding carboxylic acids is 3. The average molecular weight is 576 g/mol. The smallest absolute Gasteiger partial charge is 0.323 e. The number of phenols is 1. The molecule has 0 saturated heterocycles. The van der Waals surface area contributed by atoms with Gasteiger partial charge in [-0.25, -0.2) is 0 Å². The molecule has 14 nitrogen and oxygen atoms in total. The third kappa shape index (κ3) is 4.38. The highest BCUT2D eigenvalue weighted by Crippen LogP contribution is 2.57. The number of aliphatic hydroxyl groups excluding tert-OH is 3. The van der Waals surface area contributed by atoms with E-state index in [1.165, 1.54) is 51.0 Å². The number of nitrogens with zero attached hydrogens (tertiary/aromatic N) is 1. The van der Waals surface area contributed by atoms with E-state index < -0.39 is 99.8 Å². The van der Waals surface area contributed by atoms with E-state index in [-0.39, 0.29) is 17.5 Å². The van der Waals surface area contributed by atoms with Gasteiger partial charge in [-0.1, -0.05) is 12.1 Å². The molecule has 1 fully saturated rings. The number of phenolic OH excluding ortho intramolecular Hbond substituents is 1. The molecule has 1 aromatic rings. The van der Waals surface area contributed by atoms with Crippen molar-refractivity contribution >= 4 is 29.2 Å². The van der Waals surface area contributed by atoms with Gasteiger partial charge in [0.05, 0.1) is 30.0 Å². The van der Waals surface area contributed by atoms with Crippen molar-refractivity contribution in [3.8, 4) is 5.75 Å². The minimum Gasteiger partial charge on any atom is -0.508 e. The third-order valence-electron chi connectivity index (χ3n) is 8.32. The van der Waals surface area contributed by atoms with Crippen molar-refractivity contribution in [1.29, 1.82) is 0 Å². The van der Waals surface area contributed by atoms with Gasteiger partial charge in [-0.05, 0) is 46.0 Å². The Kier molecular flexibility index (Phi) is 7.52. The third-order valence-corrected chi connectivity index (χ3v) is 8.32. The molecule has 0 heterocycles. The van der Waals surface area contributed by atoms with Crippen LogP contribution in [0, 0.1) is 11.8 Å². The minimum atomic E-state index is -2.88. The van der Waals surface area contributed by atoms with Gasteiger partial charge < -0.3 is 41.1 Å². The minimum absolute atomic E-state index is 0.120. The Balaban J connectivity index is 1.82. The average Bonchev–Trinajstić information content (AvgIpc) is 2.86. The number of nitrogens with one attached hydrogen (secondary N) is 2. The Morgan fingerprint density at radius 3 is 2.34 bits per heavy atom. The largest absolute Gasteiger partial charge is 0.508 e. The van der Waals surface area contributed by atoms with Crippen LogP contribution in [0.2, 0.25) is 0 Å². The first-order chi connectivity index (χ1) is 19.0. The van der Waals surface area contributed by atoms with Crippen molar-refractivity contribution in [2.75, 3.05) is 20.8 Å². The maximum absolute atomic E-state index is 14.0. The second-order valence-electron chi connectivity index (χ2n) is 11.0. The van der Waals surface area contributed by atoms with Crippen LogP contribution in [-0.2, 0) is 24.8 Å². The number of benzene rings is 1. The predicted octanol–water partition coefficient (Wildman–Crippen LogP) is -1.36. The first kappa shape index (κ1) is 30.1. The van der Waals surface area contributed by atoms with Crippen molar-refractivity contribution in [2.24, 2.45) is 11.8 Å². The van der Waals surface area contributed by atoms with Crippen molar-refractivity contribution < 1.29 is 54.9 Å². The van der Waals surface area contributed by atoms with Crippen molar-refractivity contribution in [2.45, 2.75) is 49.7 Å². The van der Waals surface area contributed by atoms with E-state index >= 15 is 0 Å².